The number of carbonyl (C=O) groups excluding carboxylic acids is 1. The Kier molecular flexibility index (Phi) is 5.88. The fourth-order valence-corrected chi connectivity index (χ4v) is 4.84. The largest absolute Gasteiger partial charge is 0.337 e. The van der Waals surface area contributed by atoms with Gasteiger partial charge < -0.3 is 15.5 Å². The summed E-state index contributed by atoms with van der Waals surface area (Å²) in [6.45, 7) is 6.21. The lowest BCUT2D eigenvalue weighted by Crippen LogP contribution is -2.56. The van der Waals surface area contributed by atoms with E-state index in [1.807, 2.05) is 4.90 Å². The minimum atomic E-state index is 0.293. The van der Waals surface area contributed by atoms with E-state index in [0.29, 0.717) is 24.5 Å². The normalized spacial score (nSPS) is 31.6. The van der Waals surface area contributed by atoms with E-state index in [0.717, 1.165) is 19.1 Å². The first-order valence-electron chi connectivity index (χ1n) is 10.3. The van der Waals surface area contributed by atoms with Crippen LogP contribution in [0.2, 0.25) is 0 Å². The minimum Gasteiger partial charge on any atom is -0.337 e. The summed E-state index contributed by atoms with van der Waals surface area (Å²) < 4.78 is 0. The summed E-state index contributed by atoms with van der Waals surface area (Å²) in [5, 5.41) is 6.81. The van der Waals surface area contributed by atoms with Crippen molar-refractivity contribution >= 4 is 5.91 Å². The van der Waals surface area contributed by atoms with E-state index in [1.54, 1.807) is 0 Å². The second kappa shape index (κ2) is 8.51. The average molecular weight is 357 g/mol. The van der Waals surface area contributed by atoms with Crippen molar-refractivity contribution in [2.75, 3.05) is 39.3 Å². The molecular formula is C21H32N4O. The fourth-order valence-electron chi connectivity index (χ4n) is 4.84. The summed E-state index contributed by atoms with van der Waals surface area (Å²) in [5.41, 5.74) is 1.43. The first kappa shape index (κ1) is 18.0. The molecule has 1 aromatic carbocycles. The van der Waals surface area contributed by atoms with E-state index in [2.05, 4.69) is 45.9 Å². The smallest absolute Gasteiger partial charge is 0.236 e. The Morgan fingerprint density at radius 2 is 1.77 bits per heavy atom. The minimum absolute atomic E-state index is 0.293. The monoisotopic (exact) mass is 356 g/mol. The number of piperidine rings is 1. The van der Waals surface area contributed by atoms with E-state index in [1.165, 1.54) is 57.3 Å². The predicted octanol–water partition coefficient (Wildman–Crippen LogP) is 1.77. The molecule has 26 heavy (non-hydrogen) atoms. The number of hydrogen-bond donors (Lipinski definition) is 2. The fraction of sp³-hybridized carbons (Fsp3) is 0.667. The van der Waals surface area contributed by atoms with Crippen LogP contribution in [-0.4, -0.2) is 67.1 Å². The Balaban J connectivity index is 0.000000136. The number of amides is 1. The van der Waals surface area contributed by atoms with E-state index < -0.39 is 0 Å². The van der Waals surface area contributed by atoms with E-state index in [-0.39, 0.29) is 0 Å². The van der Waals surface area contributed by atoms with Crippen molar-refractivity contribution in [1.82, 2.24) is 20.4 Å². The van der Waals surface area contributed by atoms with Crippen LogP contribution in [-0.2, 0) is 4.79 Å². The Bertz CT molecular complexity index is 591. The third kappa shape index (κ3) is 4.11. The molecular weight excluding hydrogens is 324 g/mol. The lowest BCUT2D eigenvalue weighted by Gasteiger charge is -2.39. The number of rotatable bonds is 1. The van der Waals surface area contributed by atoms with Gasteiger partial charge >= 0.3 is 0 Å². The van der Waals surface area contributed by atoms with Crippen molar-refractivity contribution in [3.05, 3.63) is 35.9 Å². The molecule has 1 aromatic rings. The van der Waals surface area contributed by atoms with Gasteiger partial charge in [0.05, 0.1) is 6.54 Å². The molecule has 0 spiro atoms. The lowest BCUT2D eigenvalue weighted by atomic mass is 10.0. The number of piperazine rings is 2. The maximum atomic E-state index is 11.3. The molecule has 4 heterocycles. The molecule has 142 valence electrons. The second-order valence-electron chi connectivity index (χ2n) is 8.03. The SMILES string of the molecule is O=C1CNCC2CCCCN12.c1ccc(C2CN3CCCC3CN2)cc1. The third-order valence-electron chi connectivity index (χ3n) is 6.32. The highest BCUT2D eigenvalue weighted by molar-refractivity contribution is 5.79. The lowest BCUT2D eigenvalue weighted by molar-refractivity contribution is -0.136. The van der Waals surface area contributed by atoms with E-state index in [4.69, 9.17) is 0 Å². The molecule has 3 atom stereocenters. The Morgan fingerprint density at radius 3 is 2.62 bits per heavy atom. The van der Waals surface area contributed by atoms with Crippen LogP contribution in [0.1, 0.15) is 43.7 Å². The van der Waals surface area contributed by atoms with Gasteiger partial charge in [-0.3, -0.25) is 9.69 Å². The summed E-state index contributed by atoms with van der Waals surface area (Å²) >= 11 is 0. The van der Waals surface area contributed by atoms with Crippen molar-refractivity contribution in [2.24, 2.45) is 0 Å². The number of nitrogens with one attached hydrogen (secondary N) is 2. The average Bonchev–Trinajstić information content (AvgIpc) is 3.17. The molecule has 4 aliphatic heterocycles. The van der Waals surface area contributed by atoms with E-state index in [9.17, 15) is 4.79 Å². The zero-order valence-electron chi connectivity index (χ0n) is 15.7. The molecule has 4 saturated heterocycles. The molecule has 4 fully saturated rings. The first-order valence-corrected chi connectivity index (χ1v) is 10.3. The highest BCUT2D eigenvalue weighted by atomic mass is 16.2. The standard InChI is InChI=1S/C13H18N2.C8H14N2O/c1-2-5-11(6-3-1)13-10-15-8-4-7-12(15)9-14-13;11-8-6-9-5-7-3-1-2-4-10(7)8/h1-3,5-6,12-14H,4,7-10H2;7,9H,1-6H2. The molecule has 2 N–H and O–H groups in total. The Morgan fingerprint density at radius 1 is 0.923 bits per heavy atom. The molecule has 0 aliphatic carbocycles. The van der Waals surface area contributed by atoms with Crippen molar-refractivity contribution < 1.29 is 4.79 Å². The number of fused-ring (bicyclic) bond motifs is 2. The van der Waals surface area contributed by atoms with Crippen LogP contribution < -0.4 is 10.6 Å². The molecule has 5 rings (SSSR count). The Hall–Kier alpha value is -1.43. The second-order valence-corrected chi connectivity index (χ2v) is 8.03. The van der Waals surface area contributed by atoms with Gasteiger partial charge in [-0.2, -0.15) is 0 Å². The van der Waals surface area contributed by atoms with Gasteiger partial charge in [-0.15, -0.1) is 0 Å². The number of hydrogen-bond acceptors (Lipinski definition) is 4. The van der Waals surface area contributed by atoms with Crippen molar-refractivity contribution in [3.63, 3.8) is 0 Å². The zero-order valence-corrected chi connectivity index (χ0v) is 15.7. The molecule has 0 radical (unpaired) electrons. The van der Waals surface area contributed by atoms with Gasteiger partial charge in [0.25, 0.3) is 0 Å². The van der Waals surface area contributed by atoms with Gasteiger partial charge in [-0.05, 0) is 44.2 Å². The Labute approximate surface area is 157 Å². The zero-order chi connectivity index (χ0) is 17.8. The molecule has 5 heteroatoms. The van der Waals surface area contributed by atoms with Crippen molar-refractivity contribution in [1.29, 1.82) is 0 Å². The van der Waals surface area contributed by atoms with Gasteiger partial charge in [0.1, 0.15) is 0 Å². The van der Waals surface area contributed by atoms with Crippen LogP contribution in [0.3, 0.4) is 0 Å². The molecule has 4 aliphatic rings. The van der Waals surface area contributed by atoms with Crippen LogP contribution in [0, 0.1) is 0 Å². The number of carbonyl (C=O) groups is 1. The maximum Gasteiger partial charge on any atom is 0.236 e. The maximum absolute atomic E-state index is 11.3. The quantitative estimate of drug-likeness (QED) is 0.805. The van der Waals surface area contributed by atoms with Crippen LogP contribution in [0.4, 0.5) is 0 Å². The van der Waals surface area contributed by atoms with Gasteiger partial charge in [0.2, 0.25) is 5.91 Å². The van der Waals surface area contributed by atoms with Crippen molar-refractivity contribution in [2.45, 2.75) is 50.2 Å². The summed E-state index contributed by atoms with van der Waals surface area (Å²) in [6, 6.07) is 12.7. The highest BCUT2D eigenvalue weighted by Gasteiger charge is 2.31. The highest BCUT2D eigenvalue weighted by Crippen LogP contribution is 2.25. The molecule has 0 saturated carbocycles. The molecule has 5 nitrogen and oxygen atoms in total. The first-order chi connectivity index (χ1) is 12.8. The summed E-state index contributed by atoms with van der Waals surface area (Å²) in [5.74, 6) is 0.293. The van der Waals surface area contributed by atoms with Gasteiger partial charge in [0.15, 0.2) is 0 Å². The van der Waals surface area contributed by atoms with Crippen LogP contribution in [0.25, 0.3) is 0 Å². The van der Waals surface area contributed by atoms with Gasteiger partial charge in [-0.25, -0.2) is 0 Å². The molecule has 0 bridgehead atoms. The van der Waals surface area contributed by atoms with Crippen LogP contribution >= 0.6 is 0 Å². The summed E-state index contributed by atoms with van der Waals surface area (Å²) in [7, 11) is 0. The topological polar surface area (TPSA) is 47.6 Å². The summed E-state index contributed by atoms with van der Waals surface area (Å²) in [6.07, 6.45) is 6.44. The third-order valence-corrected chi connectivity index (χ3v) is 6.32. The van der Waals surface area contributed by atoms with Crippen LogP contribution in [0.15, 0.2) is 30.3 Å². The van der Waals surface area contributed by atoms with Crippen molar-refractivity contribution in [3.8, 4) is 0 Å². The molecule has 1 amide bonds. The van der Waals surface area contributed by atoms with Crippen LogP contribution in [0.5, 0.6) is 0 Å². The summed E-state index contributed by atoms with van der Waals surface area (Å²) in [4.78, 5) is 16.0. The number of nitrogens with zero attached hydrogens (tertiary/aromatic N) is 2. The number of benzene rings is 1. The van der Waals surface area contributed by atoms with E-state index >= 15 is 0 Å². The van der Waals surface area contributed by atoms with Gasteiger partial charge in [-0.1, -0.05) is 30.3 Å². The molecule has 0 aromatic heterocycles. The predicted molar refractivity (Wildman–Crippen MR) is 104 cm³/mol. The van der Waals surface area contributed by atoms with Gasteiger partial charge in [0, 0.05) is 44.3 Å². The molecule has 3 unspecified atom stereocenters.